The number of Topliss-reactive ketones (excluding diaryl/α,β-unsaturated/α-hetero) is 1. The lowest BCUT2D eigenvalue weighted by atomic mass is 10.2. The fourth-order valence-corrected chi connectivity index (χ4v) is 4.11. The van der Waals surface area contributed by atoms with E-state index in [0.717, 1.165) is 0 Å². The van der Waals surface area contributed by atoms with Gasteiger partial charge in [0.2, 0.25) is 10.0 Å². The lowest BCUT2D eigenvalue weighted by Gasteiger charge is -2.18. The topological polar surface area (TPSA) is 80.8 Å². The molecular weight excluding hydrogens is 318 g/mol. The van der Waals surface area contributed by atoms with Crippen LogP contribution in [0, 0.1) is 0 Å². The summed E-state index contributed by atoms with van der Waals surface area (Å²) in [5.74, 6) is -0.743. The van der Waals surface area contributed by atoms with Gasteiger partial charge in [-0.2, -0.15) is 4.31 Å². The van der Waals surface area contributed by atoms with E-state index in [1.807, 2.05) is 0 Å². The molecular formula is C16H21NO5S. The zero-order valence-corrected chi connectivity index (χ0v) is 14.1. The Morgan fingerprint density at radius 3 is 2.57 bits per heavy atom. The van der Waals surface area contributed by atoms with Crippen LogP contribution in [0.5, 0.6) is 0 Å². The van der Waals surface area contributed by atoms with E-state index in [-0.39, 0.29) is 16.2 Å². The second-order valence-corrected chi connectivity index (χ2v) is 7.31. The molecule has 0 N–H and O–H groups in total. The molecule has 1 aromatic carbocycles. The van der Waals surface area contributed by atoms with Crippen LogP contribution in [0.15, 0.2) is 29.2 Å². The van der Waals surface area contributed by atoms with Crippen LogP contribution in [-0.4, -0.2) is 43.7 Å². The molecule has 1 fully saturated rings. The highest BCUT2D eigenvalue weighted by Gasteiger charge is 2.29. The normalized spacial score (nSPS) is 18.4. The Morgan fingerprint density at radius 1 is 1.30 bits per heavy atom. The monoisotopic (exact) mass is 339 g/mol. The smallest absolute Gasteiger partial charge is 0.338 e. The highest BCUT2D eigenvalue weighted by molar-refractivity contribution is 7.89. The summed E-state index contributed by atoms with van der Waals surface area (Å²) >= 11 is 0. The van der Waals surface area contributed by atoms with Crippen molar-refractivity contribution < 1.29 is 22.7 Å². The Morgan fingerprint density at radius 2 is 2.00 bits per heavy atom. The van der Waals surface area contributed by atoms with Gasteiger partial charge in [0.15, 0.2) is 11.9 Å². The van der Waals surface area contributed by atoms with E-state index in [0.29, 0.717) is 32.4 Å². The molecule has 0 amide bonds. The number of hydrogen-bond donors (Lipinski definition) is 0. The third-order valence-electron chi connectivity index (χ3n) is 3.91. The second-order valence-electron chi connectivity index (χ2n) is 5.37. The van der Waals surface area contributed by atoms with Crippen LogP contribution in [0.4, 0.5) is 0 Å². The molecule has 0 spiro atoms. The van der Waals surface area contributed by atoms with E-state index in [9.17, 15) is 18.0 Å². The van der Waals surface area contributed by atoms with Gasteiger partial charge in [0.25, 0.3) is 0 Å². The molecule has 7 heteroatoms. The van der Waals surface area contributed by atoms with Crippen LogP contribution >= 0.6 is 0 Å². The molecule has 0 unspecified atom stereocenters. The Balaban J connectivity index is 2.22. The Kier molecular flexibility index (Phi) is 5.54. The van der Waals surface area contributed by atoms with E-state index in [4.69, 9.17) is 4.74 Å². The summed E-state index contributed by atoms with van der Waals surface area (Å²) in [6.45, 7) is 4.21. The molecule has 0 radical (unpaired) electrons. The van der Waals surface area contributed by atoms with Crippen molar-refractivity contribution in [2.24, 2.45) is 0 Å². The van der Waals surface area contributed by atoms with Gasteiger partial charge in [0, 0.05) is 19.5 Å². The van der Waals surface area contributed by atoms with Crippen molar-refractivity contribution in [1.82, 2.24) is 4.31 Å². The molecule has 1 aromatic rings. The van der Waals surface area contributed by atoms with Crippen molar-refractivity contribution >= 4 is 21.8 Å². The van der Waals surface area contributed by atoms with Gasteiger partial charge in [0.05, 0.1) is 10.5 Å². The summed E-state index contributed by atoms with van der Waals surface area (Å²) < 4.78 is 31.5. The zero-order valence-electron chi connectivity index (χ0n) is 13.3. The van der Waals surface area contributed by atoms with Crippen LogP contribution in [0.1, 0.15) is 43.5 Å². The predicted molar refractivity (Wildman–Crippen MR) is 84.6 cm³/mol. The van der Waals surface area contributed by atoms with Crippen molar-refractivity contribution in [2.75, 3.05) is 13.1 Å². The van der Waals surface area contributed by atoms with Crippen molar-refractivity contribution in [2.45, 2.75) is 44.1 Å². The first-order valence-electron chi connectivity index (χ1n) is 7.74. The van der Waals surface area contributed by atoms with E-state index in [2.05, 4.69) is 0 Å². The molecule has 0 saturated heterocycles. The predicted octanol–water partition coefficient (Wildman–Crippen LogP) is 2.00. The van der Waals surface area contributed by atoms with Gasteiger partial charge in [-0.1, -0.05) is 19.9 Å². The number of ketones is 1. The zero-order chi connectivity index (χ0) is 17.0. The van der Waals surface area contributed by atoms with Crippen molar-refractivity contribution in [3.05, 3.63) is 29.8 Å². The molecule has 6 nitrogen and oxygen atoms in total. The Labute approximate surface area is 136 Å². The molecule has 0 aliphatic heterocycles. The first-order chi connectivity index (χ1) is 10.9. The average molecular weight is 339 g/mol. The number of hydrogen-bond acceptors (Lipinski definition) is 5. The number of sulfonamides is 1. The van der Waals surface area contributed by atoms with Gasteiger partial charge in [-0.25, -0.2) is 13.2 Å². The largest absolute Gasteiger partial charge is 0.451 e. The maximum atomic E-state index is 12.5. The van der Waals surface area contributed by atoms with Crippen molar-refractivity contribution in [3.63, 3.8) is 0 Å². The van der Waals surface area contributed by atoms with Crippen LogP contribution in [0.2, 0.25) is 0 Å². The molecule has 1 aliphatic rings. The minimum Gasteiger partial charge on any atom is -0.451 e. The standard InChI is InChI=1S/C16H21NO5S/c1-3-17(4-2)23(20,21)13-8-5-7-12(11-13)16(19)22-15-10-6-9-14(15)18/h5,7-8,11,15H,3-4,6,9-10H2,1-2H3/t15-/m0/s1. The minimum atomic E-state index is -3.64. The van der Waals surface area contributed by atoms with Gasteiger partial charge in [-0.3, -0.25) is 4.79 Å². The van der Waals surface area contributed by atoms with Gasteiger partial charge >= 0.3 is 5.97 Å². The third kappa shape index (κ3) is 3.79. The summed E-state index contributed by atoms with van der Waals surface area (Å²) in [6, 6.07) is 5.74. The summed E-state index contributed by atoms with van der Waals surface area (Å²) in [6.07, 6.45) is 0.967. The van der Waals surface area contributed by atoms with E-state index < -0.39 is 22.1 Å². The molecule has 2 rings (SSSR count). The number of carbonyl (C=O) groups excluding carboxylic acids is 2. The quantitative estimate of drug-likeness (QED) is 0.741. The lowest BCUT2D eigenvalue weighted by molar-refractivity contribution is -0.124. The van der Waals surface area contributed by atoms with Gasteiger partial charge in [-0.15, -0.1) is 0 Å². The molecule has 0 bridgehead atoms. The molecule has 126 valence electrons. The number of carbonyl (C=O) groups is 2. The number of nitrogens with zero attached hydrogens (tertiary/aromatic N) is 1. The molecule has 0 heterocycles. The summed E-state index contributed by atoms with van der Waals surface area (Å²) in [5, 5.41) is 0. The van der Waals surface area contributed by atoms with Crippen molar-refractivity contribution in [3.8, 4) is 0 Å². The highest BCUT2D eigenvalue weighted by Crippen LogP contribution is 2.21. The maximum absolute atomic E-state index is 12.5. The SMILES string of the molecule is CCN(CC)S(=O)(=O)c1cccc(C(=O)O[C@H]2CCCC2=O)c1. The average Bonchev–Trinajstić information content (AvgIpc) is 2.93. The third-order valence-corrected chi connectivity index (χ3v) is 5.96. The van der Waals surface area contributed by atoms with Crippen LogP contribution in [0.25, 0.3) is 0 Å². The van der Waals surface area contributed by atoms with E-state index >= 15 is 0 Å². The summed E-state index contributed by atoms with van der Waals surface area (Å²) in [4.78, 5) is 23.8. The van der Waals surface area contributed by atoms with Crippen LogP contribution in [-0.2, 0) is 19.6 Å². The Hall–Kier alpha value is -1.73. The molecule has 1 saturated carbocycles. The van der Waals surface area contributed by atoms with Crippen molar-refractivity contribution in [1.29, 1.82) is 0 Å². The van der Waals surface area contributed by atoms with E-state index in [1.165, 1.54) is 28.6 Å². The van der Waals surface area contributed by atoms with Crippen LogP contribution in [0.3, 0.4) is 0 Å². The number of ether oxygens (including phenoxy) is 1. The van der Waals surface area contributed by atoms with E-state index in [1.54, 1.807) is 13.8 Å². The molecule has 0 aromatic heterocycles. The summed E-state index contributed by atoms with van der Waals surface area (Å²) in [7, 11) is -3.64. The van der Waals surface area contributed by atoms with Gasteiger partial charge < -0.3 is 4.74 Å². The maximum Gasteiger partial charge on any atom is 0.338 e. The highest BCUT2D eigenvalue weighted by atomic mass is 32.2. The van der Waals surface area contributed by atoms with Gasteiger partial charge in [0.1, 0.15) is 0 Å². The number of rotatable bonds is 6. The Bertz CT molecular complexity index is 694. The number of benzene rings is 1. The second kappa shape index (κ2) is 7.23. The first-order valence-corrected chi connectivity index (χ1v) is 9.18. The lowest BCUT2D eigenvalue weighted by Crippen LogP contribution is -2.30. The minimum absolute atomic E-state index is 0.0494. The molecule has 23 heavy (non-hydrogen) atoms. The summed E-state index contributed by atoms with van der Waals surface area (Å²) in [5.41, 5.74) is 0.137. The fraction of sp³-hybridized carbons (Fsp3) is 0.500. The van der Waals surface area contributed by atoms with Crippen LogP contribution < -0.4 is 0 Å². The molecule has 1 atom stereocenters. The number of esters is 1. The van der Waals surface area contributed by atoms with Gasteiger partial charge in [-0.05, 0) is 31.0 Å². The fourth-order valence-electron chi connectivity index (χ4n) is 2.60. The first kappa shape index (κ1) is 17.6. The molecule has 1 aliphatic carbocycles.